The van der Waals surface area contributed by atoms with Gasteiger partial charge in [-0.25, -0.2) is 12.8 Å². The topological polar surface area (TPSA) is 79.4 Å². The zero-order chi connectivity index (χ0) is 19.4. The number of rotatable bonds is 6. The van der Waals surface area contributed by atoms with E-state index in [0.717, 1.165) is 11.6 Å². The molecule has 1 heterocycles. The van der Waals surface area contributed by atoms with Crippen molar-refractivity contribution < 1.29 is 17.6 Å². The highest BCUT2D eigenvalue weighted by Crippen LogP contribution is 2.26. The van der Waals surface area contributed by atoms with Crippen molar-refractivity contribution in [3.63, 3.8) is 0 Å². The molecule has 8 heteroatoms. The Labute approximate surface area is 156 Å². The largest absolute Gasteiger partial charge is 0.326 e. The summed E-state index contributed by atoms with van der Waals surface area (Å²) >= 11 is 0. The molecule has 0 unspecified atom stereocenters. The number of halogens is 1. The molecule has 0 radical (unpaired) electrons. The first-order chi connectivity index (χ1) is 12.8. The second kappa shape index (κ2) is 7.71. The number of aromatic nitrogens is 1. The third-order valence-corrected chi connectivity index (χ3v) is 5.13. The van der Waals surface area contributed by atoms with Gasteiger partial charge in [-0.2, -0.15) is 0 Å². The Kier molecular flexibility index (Phi) is 5.36. The highest BCUT2D eigenvalue weighted by molar-refractivity contribution is 7.92. The molecule has 3 rings (SSSR count). The molecule has 140 valence electrons. The number of carbonyl (C=O) groups is 1. The minimum atomic E-state index is -3.62. The molecule has 0 aliphatic carbocycles. The van der Waals surface area contributed by atoms with Gasteiger partial charge in [-0.05, 0) is 36.4 Å². The molecular formula is C19H18FN3O3S. The zero-order valence-corrected chi connectivity index (χ0v) is 15.4. The number of nitrogens with one attached hydrogen (secondary N) is 1. The minimum Gasteiger partial charge on any atom is -0.326 e. The molecule has 6 nitrogen and oxygen atoms in total. The summed E-state index contributed by atoms with van der Waals surface area (Å²) < 4.78 is 38.7. The lowest BCUT2D eigenvalue weighted by molar-refractivity contribution is -0.116. The van der Waals surface area contributed by atoms with Crippen LogP contribution in [0.1, 0.15) is 6.42 Å². The van der Waals surface area contributed by atoms with E-state index in [1.165, 1.54) is 28.6 Å². The van der Waals surface area contributed by atoms with Crippen LogP contribution in [0.2, 0.25) is 0 Å². The van der Waals surface area contributed by atoms with Gasteiger partial charge in [0.2, 0.25) is 15.9 Å². The van der Waals surface area contributed by atoms with Gasteiger partial charge in [-0.15, -0.1) is 0 Å². The van der Waals surface area contributed by atoms with E-state index < -0.39 is 15.8 Å². The standard InChI is InChI=1S/C19H18FN3O3S/c1-27(25,26)23(17-6-2-4-14-5-3-12-21-19(14)17)13-11-18(24)22-16-9-7-15(20)8-10-16/h2-10,12H,11,13H2,1H3,(H,22,24). The summed E-state index contributed by atoms with van der Waals surface area (Å²) in [4.78, 5) is 16.5. The second-order valence-electron chi connectivity index (χ2n) is 5.99. The van der Waals surface area contributed by atoms with Crippen LogP contribution in [0.15, 0.2) is 60.8 Å². The Hall–Kier alpha value is -3.00. The van der Waals surface area contributed by atoms with Crippen LogP contribution >= 0.6 is 0 Å². The van der Waals surface area contributed by atoms with Crippen LogP contribution < -0.4 is 9.62 Å². The Bertz CT molecular complexity index is 1060. The lowest BCUT2D eigenvalue weighted by atomic mass is 10.2. The number of amides is 1. The molecule has 1 amide bonds. The summed E-state index contributed by atoms with van der Waals surface area (Å²) in [6, 6.07) is 14.2. The monoisotopic (exact) mass is 387 g/mol. The van der Waals surface area contributed by atoms with Gasteiger partial charge in [-0.1, -0.05) is 18.2 Å². The summed E-state index contributed by atoms with van der Waals surface area (Å²) in [5.41, 5.74) is 1.41. The van der Waals surface area contributed by atoms with Crippen molar-refractivity contribution in [3.05, 3.63) is 66.6 Å². The van der Waals surface area contributed by atoms with Crippen molar-refractivity contribution in [2.45, 2.75) is 6.42 Å². The summed E-state index contributed by atoms with van der Waals surface area (Å²) in [5.74, 6) is -0.775. The summed E-state index contributed by atoms with van der Waals surface area (Å²) in [6.45, 7) is -0.0401. The first-order valence-electron chi connectivity index (χ1n) is 8.21. The number of nitrogens with zero attached hydrogens (tertiary/aromatic N) is 2. The lowest BCUT2D eigenvalue weighted by Crippen LogP contribution is -2.33. The fourth-order valence-electron chi connectivity index (χ4n) is 2.71. The van der Waals surface area contributed by atoms with E-state index in [4.69, 9.17) is 0 Å². The van der Waals surface area contributed by atoms with Crippen LogP contribution in [0, 0.1) is 5.82 Å². The van der Waals surface area contributed by atoms with Gasteiger partial charge in [0.25, 0.3) is 0 Å². The van der Waals surface area contributed by atoms with Crippen LogP contribution in [0.4, 0.5) is 15.8 Å². The number of para-hydroxylation sites is 1. The third kappa shape index (κ3) is 4.59. The first kappa shape index (κ1) is 18.8. The number of sulfonamides is 1. The van der Waals surface area contributed by atoms with Crippen molar-refractivity contribution in [2.24, 2.45) is 0 Å². The van der Waals surface area contributed by atoms with E-state index in [0.29, 0.717) is 16.9 Å². The number of anilines is 2. The van der Waals surface area contributed by atoms with Crippen LogP contribution in [-0.2, 0) is 14.8 Å². The summed E-state index contributed by atoms with van der Waals surface area (Å²) in [7, 11) is -3.62. The summed E-state index contributed by atoms with van der Waals surface area (Å²) in [5, 5.41) is 3.43. The maximum atomic E-state index is 12.9. The Morgan fingerprint density at radius 3 is 2.52 bits per heavy atom. The number of pyridine rings is 1. The number of fused-ring (bicyclic) bond motifs is 1. The predicted octanol–water partition coefficient (Wildman–Crippen LogP) is 3.17. The van der Waals surface area contributed by atoms with Crippen LogP contribution in [0.5, 0.6) is 0 Å². The molecule has 0 saturated heterocycles. The number of hydrogen-bond donors (Lipinski definition) is 1. The quantitative estimate of drug-likeness (QED) is 0.705. The first-order valence-corrected chi connectivity index (χ1v) is 10.1. The minimum absolute atomic E-state index is 0.0401. The molecule has 0 aliphatic rings. The normalized spacial score (nSPS) is 11.3. The molecule has 0 saturated carbocycles. The molecule has 2 aromatic carbocycles. The van der Waals surface area contributed by atoms with Gasteiger partial charge in [0.15, 0.2) is 0 Å². The molecule has 0 bridgehead atoms. The van der Waals surface area contributed by atoms with Gasteiger partial charge in [0.1, 0.15) is 5.82 Å². The number of carbonyl (C=O) groups excluding carboxylic acids is 1. The molecule has 3 aromatic rings. The van der Waals surface area contributed by atoms with Crippen LogP contribution in [-0.4, -0.2) is 32.1 Å². The molecular weight excluding hydrogens is 369 g/mol. The maximum Gasteiger partial charge on any atom is 0.232 e. The van der Waals surface area contributed by atoms with Crippen LogP contribution in [0.3, 0.4) is 0 Å². The molecule has 0 spiro atoms. The molecule has 1 N–H and O–H groups in total. The highest BCUT2D eigenvalue weighted by Gasteiger charge is 2.21. The van der Waals surface area contributed by atoms with Crippen molar-refractivity contribution in [2.75, 3.05) is 22.4 Å². The average Bonchev–Trinajstić information content (AvgIpc) is 2.63. The Balaban J connectivity index is 1.80. The van der Waals surface area contributed by atoms with E-state index in [2.05, 4.69) is 10.3 Å². The fraction of sp³-hybridized carbons (Fsp3) is 0.158. The molecule has 0 aliphatic heterocycles. The maximum absolute atomic E-state index is 12.9. The molecule has 0 atom stereocenters. The van der Waals surface area contributed by atoms with Gasteiger partial charge >= 0.3 is 0 Å². The van der Waals surface area contributed by atoms with E-state index in [9.17, 15) is 17.6 Å². The molecule has 0 fully saturated rings. The van der Waals surface area contributed by atoms with Gasteiger partial charge in [0.05, 0.1) is 17.5 Å². The van der Waals surface area contributed by atoms with Gasteiger partial charge in [-0.3, -0.25) is 14.1 Å². The van der Waals surface area contributed by atoms with Crippen molar-refractivity contribution in [1.82, 2.24) is 4.98 Å². The van der Waals surface area contributed by atoms with E-state index in [-0.39, 0.29) is 18.9 Å². The zero-order valence-electron chi connectivity index (χ0n) is 14.6. The lowest BCUT2D eigenvalue weighted by Gasteiger charge is -2.23. The smallest absolute Gasteiger partial charge is 0.232 e. The fourth-order valence-corrected chi connectivity index (χ4v) is 3.64. The molecule has 27 heavy (non-hydrogen) atoms. The SMILES string of the molecule is CS(=O)(=O)N(CCC(=O)Nc1ccc(F)cc1)c1cccc2cccnc12. The third-order valence-electron chi connectivity index (χ3n) is 3.95. The number of benzene rings is 2. The van der Waals surface area contributed by atoms with Gasteiger partial charge in [0, 0.05) is 30.2 Å². The van der Waals surface area contributed by atoms with Crippen molar-refractivity contribution >= 4 is 38.2 Å². The average molecular weight is 387 g/mol. The Morgan fingerprint density at radius 2 is 1.81 bits per heavy atom. The Morgan fingerprint density at radius 1 is 1.11 bits per heavy atom. The van der Waals surface area contributed by atoms with E-state index >= 15 is 0 Å². The van der Waals surface area contributed by atoms with Crippen molar-refractivity contribution in [1.29, 1.82) is 0 Å². The number of hydrogen-bond acceptors (Lipinski definition) is 4. The summed E-state index contributed by atoms with van der Waals surface area (Å²) in [6.07, 6.45) is 2.62. The predicted molar refractivity (Wildman–Crippen MR) is 104 cm³/mol. The molecule has 1 aromatic heterocycles. The van der Waals surface area contributed by atoms with Crippen molar-refractivity contribution in [3.8, 4) is 0 Å². The van der Waals surface area contributed by atoms with Crippen LogP contribution in [0.25, 0.3) is 10.9 Å². The van der Waals surface area contributed by atoms with E-state index in [1.54, 1.807) is 24.4 Å². The second-order valence-corrected chi connectivity index (χ2v) is 7.90. The highest BCUT2D eigenvalue weighted by atomic mass is 32.2. The van der Waals surface area contributed by atoms with Gasteiger partial charge < -0.3 is 5.32 Å². The van der Waals surface area contributed by atoms with E-state index in [1.807, 2.05) is 12.1 Å².